The van der Waals surface area contributed by atoms with Crippen LogP contribution in [0.5, 0.6) is 0 Å². The molecular formula is C17H19ClN2O3S. The number of hydrogen-bond acceptors (Lipinski definition) is 5. The van der Waals surface area contributed by atoms with Gasteiger partial charge in [-0.05, 0) is 37.3 Å². The molecule has 1 aliphatic carbocycles. The van der Waals surface area contributed by atoms with E-state index in [9.17, 15) is 14.9 Å². The lowest BCUT2D eigenvalue weighted by atomic mass is 9.83. The molecule has 0 heterocycles. The smallest absolute Gasteiger partial charge is 0.340 e. The van der Waals surface area contributed by atoms with Gasteiger partial charge in [0.15, 0.2) is 6.61 Å². The summed E-state index contributed by atoms with van der Waals surface area (Å²) in [6.45, 7) is -0.428. The lowest BCUT2D eigenvalue weighted by Gasteiger charge is -2.31. The van der Waals surface area contributed by atoms with E-state index in [4.69, 9.17) is 16.3 Å². The summed E-state index contributed by atoms with van der Waals surface area (Å²) < 4.78 is 5.05. The monoisotopic (exact) mass is 366 g/mol. The van der Waals surface area contributed by atoms with Gasteiger partial charge in [0.1, 0.15) is 5.54 Å². The third kappa shape index (κ3) is 4.65. The van der Waals surface area contributed by atoms with Gasteiger partial charge in [-0.15, -0.1) is 11.8 Å². The second kappa shape index (κ2) is 8.41. The molecule has 0 spiro atoms. The molecule has 5 nitrogen and oxygen atoms in total. The topological polar surface area (TPSA) is 79.2 Å². The fourth-order valence-corrected chi connectivity index (χ4v) is 3.35. The summed E-state index contributed by atoms with van der Waals surface area (Å²) in [7, 11) is 0. The quantitative estimate of drug-likeness (QED) is 0.636. The molecular weight excluding hydrogens is 348 g/mol. The van der Waals surface area contributed by atoms with Gasteiger partial charge in [0, 0.05) is 4.90 Å². The first-order chi connectivity index (χ1) is 11.5. The van der Waals surface area contributed by atoms with Crippen LogP contribution in [-0.2, 0) is 9.53 Å². The molecule has 0 saturated heterocycles. The molecule has 0 aromatic heterocycles. The number of esters is 1. The van der Waals surface area contributed by atoms with Crippen molar-refractivity contribution in [3.05, 3.63) is 28.8 Å². The number of thioether (sulfide) groups is 1. The first kappa shape index (κ1) is 18.6. The van der Waals surface area contributed by atoms with Crippen molar-refractivity contribution in [3.8, 4) is 6.07 Å². The normalized spacial score (nSPS) is 16.0. The molecule has 24 heavy (non-hydrogen) atoms. The van der Waals surface area contributed by atoms with Crippen LogP contribution in [0.2, 0.25) is 5.02 Å². The highest BCUT2D eigenvalue weighted by Crippen LogP contribution is 2.27. The second-order valence-electron chi connectivity index (χ2n) is 5.72. The standard InChI is InChI=1S/C17H19ClN2O3S/c1-24-12-5-6-14(18)13(9-12)16(22)23-10-15(21)20-17(11-19)7-3-2-4-8-17/h5-6,9H,2-4,7-8,10H2,1H3,(H,20,21). The number of nitrogens with zero attached hydrogens (tertiary/aromatic N) is 1. The number of ether oxygens (including phenoxy) is 1. The number of benzene rings is 1. The zero-order valence-electron chi connectivity index (χ0n) is 13.4. The molecule has 0 atom stereocenters. The maximum absolute atomic E-state index is 12.1. The van der Waals surface area contributed by atoms with Crippen molar-refractivity contribution in [1.82, 2.24) is 5.32 Å². The van der Waals surface area contributed by atoms with E-state index in [-0.39, 0.29) is 10.6 Å². The van der Waals surface area contributed by atoms with Gasteiger partial charge in [-0.1, -0.05) is 30.9 Å². The highest BCUT2D eigenvalue weighted by Gasteiger charge is 2.33. The van der Waals surface area contributed by atoms with E-state index in [2.05, 4.69) is 11.4 Å². The Hall–Kier alpha value is -1.71. The minimum absolute atomic E-state index is 0.226. The van der Waals surface area contributed by atoms with Gasteiger partial charge >= 0.3 is 5.97 Å². The third-order valence-electron chi connectivity index (χ3n) is 4.03. The summed E-state index contributed by atoms with van der Waals surface area (Å²) in [4.78, 5) is 25.0. The molecule has 0 radical (unpaired) electrons. The van der Waals surface area contributed by atoms with E-state index in [1.807, 2.05) is 6.26 Å². The number of carbonyl (C=O) groups is 2. The number of nitrogens with one attached hydrogen (secondary N) is 1. The first-order valence-corrected chi connectivity index (χ1v) is 9.33. The molecule has 2 rings (SSSR count). The molecule has 1 aromatic rings. The van der Waals surface area contributed by atoms with E-state index in [1.54, 1.807) is 18.2 Å². The molecule has 1 saturated carbocycles. The average Bonchev–Trinajstić information content (AvgIpc) is 2.61. The van der Waals surface area contributed by atoms with E-state index in [0.29, 0.717) is 12.8 Å². The molecule has 0 bridgehead atoms. The fraction of sp³-hybridized carbons (Fsp3) is 0.471. The van der Waals surface area contributed by atoms with Crippen molar-refractivity contribution in [2.45, 2.75) is 42.5 Å². The Balaban J connectivity index is 1.94. The Labute approximate surface area is 150 Å². The van der Waals surface area contributed by atoms with Gasteiger partial charge in [0.05, 0.1) is 16.7 Å². The maximum Gasteiger partial charge on any atom is 0.340 e. The first-order valence-electron chi connectivity index (χ1n) is 7.72. The van der Waals surface area contributed by atoms with Gasteiger partial charge in [-0.25, -0.2) is 4.79 Å². The van der Waals surface area contributed by atoms with Crippen molar-refractivity contribution >= 4 is 35.2 Å². The number of nitriles is 1. The Morgan fingerprint density at radius 2 is 2.08 bits per heavy atom. The van der Waals surface area contributed by atoms with Crippen molar-refractivity contribution in [1.29, 1.82) is 5.26 Å². The molecule has 1 fully saturated rings. The maximum atomic E-state index is 12.1. The molecule has 1 N–H and O–H groups in total. The predicted molar refractivity (Wildman–Crippen MR) is 93.1 cm³/mol. The number of hydrogen-bond donors (Lipinski definition) is 1. The molecule has 1 aliphatic rings. The number of amides is 1. The van der Waals surface area contributed by atoms with Gasteiger partial charge in [-0.3, -0.25) is 4.79 Å². The summed E-state index contributed by atoms with van der Waals surface area (Å²) in [5.74, 6) is -1.12. The summed E-state index contributed by atoms with van der Waals surface area (Å²) >= 11 is 7.49. The van der Waals surface area contributed by atoms with Crippen molar-refractivity contribution < 1.29 is 14.3 Å². The highest BCUT2D eigenvalue weighted by molar-refractivity contribution is 7.98. The Bertz CT molecular complexity index is 666. The molecule has 128 valence electrons. The van der Waals surface area contributed by atoms with Crippen LogP contribution in [0.25, 0.3) is 0 Å². The average molecular weight is 367 g/mol. The Morgan fingerprint density at radius 1 is 1.38 bits per heavy atom. The molecule has 7 heteroatoms. The van der Waals surface area contributed by atoms with Gasteiger partial charge in [0.2, 0.25) is 0 Å². The van der Waals surface area contributed by atoms with Crippen LogP contribution in [0.15, 0.2) is 23.1 Å². The van der Waals surface area contributed by atoms with Gasteiger partial charge in [-0.2, -0.15) is 5.26 Å². The number of carbonyl (C=O) groups excluding carboxylic acids is 2. The third-order valence-corrected chi connectivity index (χ3v) is 5.08. The van der Waals surface area contributed by atoms with Crippen molar-refractivity contribution in [2.24, 2.45) is 0 Å². The Kier molecular flexibility index (Phi) is 6.52. The lowest BCUT2D eigenvalue weighted by Crippen LogP contribution is -2.50. The highest BCUT2D eigenvalue weighted by atomic mass is 35.5. The second-order valence-corrected chi connectivity index (χ2v) is 7.01. The SMILES string of the molecule is CSc1ccc(Cl)c(C(=O)OCC(=O)NC2(C#N)CCCCC2)c1. The minimum atomic E-state index is -0.835. The van der Waals surface area contributed by atoms with Crippen molar-refractivity contribution in [3.63, 3.8) is 0 Å². The van der Waals surface area contributed by atoms with E-state index in [0.717, 1.165) is 24.2 Å². The molecule has 1 amide bonds. The summed E-state index contributed by atoms with van der Waals surface area (Å²) in [6.07, 6.45) is 6.03. The fourth-order valence-electron chi connectivity index (χ4n) is 2.72. The van der Waals surface area contributed by atoms with Gasteiger partial charge < -0.3 is 10.1 Å². The van der Waals surface area contributed by atoms with Crippen LogP contribution < -0.4 is 5.32 Å². The van der Waals surface area contributed by atoms with Crippen molar-refractivity contribution in [2.75, 3.05) is 12.9 Å². The van der Waals surface area contributed by atoms with Crippen LogP contribution >= 0.6 is 23.4 Å². The van der Waals surface area contributed by atoms with E-state index < -0.39 is 24.0 Å². The minimum Gasteiger partial charge on any atom is -0.452 e. The summed E-state index contributed by atoms with van der Waals surface area (Å²) in [5, 5.41) is 12.3. The van der Waals surface area contributed by atoms with E-state index in [1.165, 1.54) is 11.8 Å². The zero-order chi connectivity index (χ0) is 17.6. The number of halogens is 1. The van der Waals surface area contributed by atoms with Crippen LogP contribution in [-0.4, -0.2) is 30.3 Å². The van der Waals surface area contributed by atoms with Crippen LogP contribution in [0, 0.1) is 11.3 Å². The predicted octanol–water partition coefficient (Wildman–Crippen LogP) is 3.56. The molecule has 1 aromatic carbocycles. The lowest BCUT2D eigenvalue weighted by molar-refractivity contribution is -0.125. The Morgan fingerprint density at radius 3 is 2.71 bits per heavy atom. The van der Waals surface area contributed by atoms with Crippen LogP contribution in [0.1, 0.15) is 42.5 Å². The number of rotatable bonds is 5. The van der Waals surface area contributed by atoms with Gasteiger partial charge in [0.25, 0.3) is 5.91 Å². The zero-order valence-corrected chi connectivity index (χ0v) is 15.0. The molecule has 0 aliphatic heterocycles. The van der Waals surface area contributed by atoms with E-state index >= 15 is 0 Å². The largest absolute Gasteiger partial charge is 0.452 e. The summed E-state index contributed by atoms with van der Waals surface area (Å²) in [6, 6.07) is 7.25. The molecule has 0 unspecified atom stereocenters. The van der Waals surface area contributed by atoms with Crippen LogP contribution in [0.4, 0.5) is 0 Å². The summed E-state index contributed by atoms with van der Waals surface area (Å²) in [5.41, 5.74) is -0.609. The van der Waals surface area contributed by atoms with Crippen LogP contribution in [0.3, 0.4) is 0 Å².